The van der Waals surface area contributed by atoms with Gasteiger partial charge in [-0.2, -0.15) is 0 Å². The van der Waals surface area contributed by atoms with E-state index in [-0.39, 0.29) is 43.2 Å². The first-order chi connectivity index (χ1) is 32.5. The molecule has 0 saturated carbocycles. The molecule has 26 heteroatoms. The summed E-state index contributed by atoms with van der Waals surface area (Å²) < 4.78 is 13.8. The van der Waals surface area contributed by atoms with Crippen LogP contribution >= 0.6 is 21.6 Å². The summed E-state index contributed by atoms with van der Waals surface area (Å²) in [6.07, 6.45) is -0.804. The van der Waals surface area contributed by atoms with E-state index < -0.39 is 151 Å². The lowest BCUT2D eigenvalue weighted by molar-refractivity contribution is -0.142. The molecule has 23 nitrogen and oxygen atoms in total. The van der Waals surface area contributed by atoms with Crippen molar-refractivity contribution in [1.29, 1.82) is 0 Å². The predicted octanol–water partition coefficient (Wildman–Crippen LogP) is -3.18. The van der Waals surface area contributed by atoms with Crippen molar-refractivity contribution in [2.45, 2.75) is 127 Å². The Morgan fingerprint density at radius 2 is 1.39 bits per heavy atom. The van der Waals surface area contributed by atoms with Crippen molar-refractivity contribution < 1.29 is 57.1 Å². The van der Waals surface area contributed by atoms with E-state index in [0.29, 0.717) is 18.4 Å². The minimum atomic E-state index is -1.76. The van der Waals surface area contributed by atoms with Gasteiger partial charge in [-0.15, -0.1) is 0 Å². The molecule has 0 aliphatic carbocycles. The zero-order valence-electron chi connectivity index (χ0n) is 39.0. The van der Waals surface area contributed by atoms with Crippen molar-refractivity contribution in [3.8, 4) is 0 Å². The van der Waals surface area contributed by atoms with Gasteiger partial charge in [-0.1, -0.05) is 67.8 Å². The first kappa shape index (κ1) is 57.3. The van der Waals surface area contributed by atoms with Crippen LogP contribution in [0, 0.1) is 17.7 Å². The van der Waals surface area contributed by atoms with Gasteiger partial charge in [-0.25, -0.2) is 4.39 Å². The number of rotatable bonds is 17. The van der Waals surface area contributed by atoms with Gasteiger partial charge in [0.2, 0.25) is 65.0 Å². The number of amides is 11. The largest absolute Gasteiger partial charge is 0.370 e. The Morgan fingerprint density at radius 3 is 2.00 bits per heavy atom. The number of benzene rings is 1. The SMILES string of the molecule is CC[C@H](C)C1NC(=O)[C@H](Cc2ccc(F)cc2)NC(=O)[C@@H](N)CSSC[C@@H](C(=O)N2CCC[C@H]2C(=O)N[C@@H](CC(C)C)C(=O)NCC(N)=O)NC(=O)[C@H](CC(N)=O)NC(=O)[C@H](CCC(N)=O)NC1=O. The van der Waals surface area contributed by atoms with Gasteiger partial charge in [0.1, 0.15) is 48.1 Å². The maximum Gasteiger partial charge on any atom is 0.246 e. The van der Waals surface area contributed by atoms with Crippen LogP contribution in [0.5, 0.6) is 0 Å². The third-order valence-electron chi connectivity index (χ3n) is 11.3. The second kappa shape index (κ2) is 27.8. The first-order valence-electron chi connectivity index (χ1n) is 22.5. The Morgan fingerprint density at radius 1 is 0.783 bits per heavy atom. The minimum absolute atomic E-state index is 0.0435. The van der Waals surface area contributed by atoms with Gasteiger partial charge in [0.15, 0.2) is 0 Å². The van der Waals surface area contributed by atoms with E-state index >= 15 is 0 Å². The van der Waals surface area contributed by atoms with E-state index in [4.69, 9.17) is 22.9 Å². The van der Waals surface area contributed by atoms with Crippen LogP contribution in [0.2, 0.25) is 0 Å². The summed E-state index contributed by atoms with van der Waals surface area (Å²) in [5.41, 5.74) is 22.8. The van der Waals surface area contributed by atoms with Gasteiger partial charge >= 0.3 is 0 Å². The Balaban J connectivity index is 2.05. The van der Waals surface area contributed by atoms with Crippen LogP contribution in [0.1, 0.15) is 78.2 Å². The normalized spacial score (nSPS) is 24.3. The summed E-state index contributed by atoms with van der Waals surface area (Å²) in [7, 11) is 2.02. The molecule has 2 aliphatic rings. The lowest BCUT2D eigenvalue weighted by Gasteiger charge is -2.31. The highest BCUT2D eigenvalue weighted by atomic mass is 33.1. The van der Waals surface area contributed by atoms with Gasteiger partial charge < -0.3 is 65.1 Å². The van der Waals surface area contributed by atoms with Crippen molar-refractivity contribution in [3.05, 3.63) is 35.6 Å². The van der Waals surface area contributed by atoms with E-state index in [9.17, 15) is 57.1 Å². The fourth-order valence-electron chi connectivity index (χ4n) is 7.33. The molecule has 0 bridgehead atoms. The van der Waals surface area contributed by atoms with Crippen molar-refractivity contribution in [1.82, 2.24) is 42.1 Å². The number of primary amides is 3. The number of nitrogens with two attached hydrogens (primary N) is 4. The molecule has 0 radical (unpaired) electrons. The fourth-order valence-corrected chi connectivity index (χ4v) is 9.61. The van der Waals surface area contributed by atoms with Gasteiger partial charge in [0, 0.05) is 30.9 Å². The molecular weight excluding hydrogens is 944 g/mol. The number of nitrogens with zero attached hydrogens (tertiary/aromatic N) is 1. The highest BCUT2D eigenvalue weighted by Gasteiger charge is 2.41. The quantitative estimate of drug-likeness (QED) is 0.0687. The smallest absolute Gasteiger partial charge is 0.246 e. The molecule has 9 atom stereocenters. The van der Waals surface area contributed by atoms with Gasteiger partial charge in [-0.05, 0) is 55.2 Å². The second-order valence-corrected chi connectivity index (χ2v) is 19.9. The van der Waals surface area contributed by atoms with Crippen LogP contribution in [0.4, 0.5) is 4.39 Å². The predicted molar refractivity (Wildman–Crippen MR) is 253 cm³/mol. The minimum Gasteiger partial charge on any atom is -0.370 e. The first-order valence-corrected chi connectivity index (χ1v) is 25.0. The maximum atomic E-state index is 14.5. The highest BCUT2D eigenvalue weighted by molar-refractivity contribution is 8.76. The molecule has 15 N–H and O–H groups in total. The Bertz CT molecular complexity index is 2050. The van der Waals surface area contributed by atoms with Crippen molar-refractivity contribution in [2.75, 3.05) is 24.6 Å². The lowest BCUT2D eigenvalue weighted by atomic mass is 9.96. The van der Waals surface area contributed by atoms with E-state index in [0.717, 1.165) is 21.6 Å². The molecular formula is C43H65FN12O11S2. The average molecular weight is 1010 g/mol. The van der Waals surface area contributed by atoms with Crippen LogP contribution < -0.4 is 60.2 Å². The molecule has 2 aliphatic heterocycles. The highest BCUT2D eigenvalue weighted by Crippen LogP contribution is 2.26. The molecule has 1 aromatic carbocycles. The third-order valence-corrected chi connectivity index (χ3v) is 13.7. The van der Waals surface area contributed by atoms with Gasteiger partial charge in [0.05, 0.1) is 19.0 Å². The second-order valence-electron chi connectivity index (χ2n) is 17.4. The van der Waals surface area contributed by atoms with Crippen molar-refractivity contribution in [3.63, 3.8) is 0 Å². The average Bonchev–Trinajstić information content (AvgIpc) is 3.78. The number of hydrogen-bond donors (Lipinski definition) is 11. The fraction of sp³-hybridized carbons (Fsp3) is 0.605. The summed E-state index contributed by atoms with van der Waals surface area (Å²) in [5.74, 6) is -11.1. The molecule has 0 spiro atoms. The third kappa shape index (κ3) is 18.8. The summed E-state index contributed by atoms with van der Waals surface area (Å²) in [5, 5.41) is 17.7. The molecule has 69 heavy (non-hydrogen) atoms. The molecule has 1 aromatic rings. The summed E-state index contributed by atoms with van der Waals surface area (Å²) in [6, 6.07) is -5.86. The number of nitrogens with one attached hydrogen (secondary N) is 7. The van der Waals surface area contributed by atoms with Crippen LogP contribution in [-0.2, 0) is 59.2 Å². The van der Waals surface area contributed by atoms with Crippen molar-refractivity contribution >= 4 is 86.6 Å². The zero-order valence-corrected chi connectivity index (χ0v) is 40.6. The van der Waals surface area contributed by atoms with E-state index in [1.54, 1.807) is 13.8 Å². The molecule has 0 aromatic heterocycles. The Kier molecular flexibility index (Phi) is 23.1. The van der Waals surface area contributed by atoms with Gasteiger partial charge in [0.25, 0.3) is 0 Å². The number of carbonyl (C=O) groups excluding carboxylic acids is 11. The maximum absolute atomic E-state index is 14.5. The summed E-state index contributed by atoms with van der Waals surface area (Å²) >= 11 is 0. The zero-order chi connectivity index (χ0) is 51.5. The monoisotopic (exact) mass is 1010 g/mol. The number of hydrogen-bond acceptors (Lipinski definition) is 14. The standard InChI is InChI=1S/C43H65FN12O11S2/c1-5-22(4)35-42(66)50-26(12-13-32(46)57)38(62)52-29(17-33(47)58)39(63)54-30(20-69-68-19-25(45)36(60)51-28(40(64)55-35)16-23-8-10-24(44)11-9-23)43(67)56-14-6-7-31(56)41(65)53-27(15-21(2)3)37(61)49-18-34(48)59/h8-11,21-22,25-31,35H,5-7,12-20,45H2,1-4H3,(H2,46,57)(H2,47,58)(H2,48,59)(H,49,61)(H,50,66)(H,51,60)(H,52,62)(H,53,65)(H,54,63)(H,55,64)/t22-,25-,26-,27-,28-,29-,30-,31-,35?/m0/s1. The molecule has 2 saturated heterocycles. The molecule has 1 unspecified atom stereocenters. The summed E-state index contributed by atoms with van der Waals surface area (Å²) in [4.78, 5) is 148. The van der Waals surface area contributed by atoms with E-state index in [2.05, 4.69) is 37.2 Å². The Labute approximate surface area is 406 Å². The molecule has 382 valence electrons. The number of halogens is 1. The van der Waals surface area contributed by atoms with Gasteiger partial charge in [-0.3, -0.25) is 52.7 Å². The lowest BCUT2D eigenvalue weighted by Crippen LogP contribution is -2.61. The number of likely N-dealkylation sites (tertiary alicyclic amines) is 1. The van der Waals surface area contributed by atoms with Crippen LogP contribution in [0.3, 0.4) is 0 Å². The molecule has 2 heterocycles. The molecule has 11 amide bonds. The van der Waals surface area contributed by atoms with Crippen LogP contribution in [0.15, 0.2) is 24.3 Å². The van der Waals surface area contributed by atoms with E-state index in [1.807, 2.05) is 13.8 Å². The summed E-state index contributed by atoms with van der Waals surface area (Å²) in [6.45, 7) is 6.56. The number of carbonyl (C=O) groups is 11. The Hall–Kier alpha value is -6.02. The van der Waals surface area contributed by atoms with E-state index in [1.165, 1.54) is 29.2 Å². The molecule has 3 rings (SSSR count). The van der Waals surface area contributed by atoms with Crippen molar-refractivity contribution in [2.24, 2.45) is 34.8 Å². The topological polar surface area (TPSA) is 379 Å². The molecule has 2 fully saturated rings. The van der Waals surface area contributed by atoms with Crippen LogP contribution in [0.25, 0.3) is 0 Å². The van der Waals surface area contributed by atoms with Crippen LogP contribution in [-0.4, -0.2) is 143 Å².